The highest BCUT2D eigenvalue weighted by Crippen LogP contribution is 2.40. The molecule has 0 radical (unpaired) electrons. The lowest BCUT2D eigenvalue weighted by Crippen LogP contribution is -2.22. The van der Waals surface area contributed by atoms with Crippen LogP contribution < -0.4 is 4.74 Å². The number of hydrogen-bond acceptors (Lipinski definition) is 1. The summed E-state index contributed by atoms with van der Waals surface area (Å²) >= 11 is 0. The molecule has 0 aromatic heterocycles. The average molecular weight is 517 g/mol. The summed E-state index contributed by atoms with van der Waals surface area (Å²) in [5.74, 6) is 1.33. The highest BCUT2D eigenvalue weighted by atomic mass is 28.3. The molecule has 0 unspecified atom stereocenters. The highest BCUT2D eigenvalue weighted by molar-refractivity contribution is 6.58. The van der Waals surface area contributed by atoms with E-state index in [1.165, 1.54) is 88.3 Å². The first-order valence-electron chi connectivity index (χ1n) is 14.4. The molecule has 0 atom stereocenters. The van der Waals surface area contributed by atoms with Gasteiger partial charge < -0.3 is 4.74 Å². The first-order valence-corrected chi connectivity index (χ1v) is 16.8. The van der Waals surface area contributed by atoms with Crippen LogP contribution in [0.1, 0.15) is 89.0 Å². The van der Waals surface area contributed by atoms with Gasteiger partial charge in [0.25, 0.3) is 0 Å². The van der Waals surface area contributed by atoms with Crippen molar-refractivity contribution < 1.29 is 17.9 Å². The van der Waals surface area contributed by atoms with Crippen LogP contribution in [0.15, 0.2) is 42.5 Å². The zero-order chi connectivity index (χ0) is 25.3. The van der Waals surface area contributed by atoms with E-state index in [9.17, 15) is 13.2 Å². The molecule has 1 heterocycles. The van der Waals surface area contributed by atoms with Gasteiger partial charge in [-0.25, -0.2) is 4.39 Å². The van der Waals surface area contributed by atoms with Crippen molar-refractivity contribution in [3.05, 3.63) is 53.8 Å². The Labute approximate surface area is 217 Å². The van der Waals surface area contributed by atoms with Crippen molar-refractivity contribution in [2.45, 2.75) is 108 Å². The third-order valence-electron chi connectivity index (χ3n) is 8.88. The van der Waals surface area contributed by atoms with Gasteiger partial charge in [-0.05, 0) is 72.3 Å². The molecule has 0 bridgehead atoms. The van der Waals surface area contributed by atoms with E-state index in [1.807, 2.05) is 12.1 Å². The van der Waals surface area contributed by atoms with Crippen molar-refractivity contribution in [1.82, 2.24) is 0 Å². The van der Waals surface area contributed by atoms with Gasteiger partial charge in [0.15, 0.2) is 11.6 Å². The first kappa shape index (κ1) is 27.3. The first-order chi connectivity index (χ1) is 17.5. The van der Waals surface area contributed by atoms with Crippen LogP contribution in [0.3, 0.4) is 0 Å². The van der Waals surface area contributed by atoms with E-state index in [1.54, 1.807) is 24.2 Å². The van der Waals surface area contributed by atoms with Gasteiger partial charge in [0, 0.05) is 8.80 Å². The van der Waals surface area contributed by atoms with E-state index < -0.39 is 18.2 Å². The van der Waals surface area contributed by atoms with Crippen molar-refractivity contribution in [1.29, 1.82) is 0 Å². The standard InChI is InChI=1S/C31H43F3OSi/c1-2-3-4-19-36-20-17-24(18-21-36)6-5-23-7-9-25(10-8-23)26-11-13-27(14-12-26)28-15-16-30(29(32)22-28)35-31(33)34/h11-16,22-25,31,36H,2-10,17-21H2,1H3/t23?,24-,25?,36-. The SMILES string of the molecule is CCCCC[Si@H]1CC[C@H](CCC2CCC(c3ccc(-c4ccc(OC(F)F)c(F)c4)cc3)CC2)CC1. The zero-order valence-corrected chi connectivity index (χ0v) is 23.0. The number of unbranched alkanes of at least 4 members (excludes halogenated alkanes) is 2. The minimum absolute atomic E-state index is 0.384. The van der Waals surface area contributed by atoms with Crippen molar-refractivity contribution in [3.63, 3.8) is 0 Å². The van der Waals surface area contributed by atoms with Gasteiger partial charge in [0.05, 0.1) is 0 Å². The Morgan fingerprint density at radius 2 is 1.47 bits per heavy atom. The minimum Gasteiger partial charge on any atom is -0.432 e. The molecule has 0 N–H and O–H groups in total. The molecule has 4 rings (SSSR count). The molecule has 1 saturated carbocycles. The lowest BCUT2D eigenvalue weighted by molar-refractivity contribution is -0.0521. The van der Waals surface area contributed by atoms with Gasteiger partial charge in [-0.15, -0.1) is 0 Å². The van der Waals surface area contributed by atoms with Crippen molar-refractivity contribution in [2.24, 2.45) is 11.8 Å². The number of halogens is 3. The number of rotatable bonds is 11. The fraction of sp³-hybridized carbons (Fsp3) is 0.613. The van der Waals surface area contributed by atoms with Crippen LogP contribution in [0, 0.1) is 17.7 Å². The fourth-order valence-corrected chi connectivity index (χ4v) is 10.2. The number of alkyl halides is 2. The molecule has 2 fully saturated rings. The summed E-state index contributed by atoms with van der Waals surface area (Å²) in [7, 11) is -0.384. The fourth-order valence-electron chi connectivity index (χ4n) is 6.57. The lowest BCUT2D eigenvalue weighted by atomic mass is 9.76. The van der Waals surface area contributed by atoms with E-state index >= 15 is 0 Å². The second-order valence-corrected chi connectivity index (χ2v) is 14.8. The summed E-state index contributed by atoms with van der Waals surface area (Å²) in [6.07, 6.45) is 15.4. The largest absolute Gasteiger partial charge is 0.432 e. The number of benzene rings is 2. The van der Waals surface area contributed by atoms with E-state index in [0.717, 1.165) is 17.4 Å². The van der Waals surface area contributed by atoms with Crippen LogP contribution >= 0.6 is 0 Å². The van der Waals surface area contributed by atoms with E-state index in [0.29, 0.717) is 11.5 Å². The minimum atomic E-state index is -3.03. The predicted octanol–water partition coefficient (Wildman–Crippen LogP) is 9.98. The summed E-state index contributed by atoms with van der Waals surface area (Å²) < 4.78 is 43.0. The lowest BCUT2D eigenvalue weighted by Gasteiger charge is -2.32. The highest BCUT2D eigenvalue weighted by Gasteiger charge is 2.25. The van der Waals surface area contributed by atoms with Gasteiger partial charge >= 0.3 is 6.61 Å². The van der Waals surface area contributed by atoms with Crippen molar-refractivity contribution in [3.8, 4) is 16.9 Å². The van der Waals surface area contributed by atoms with Gasteiger partial charge in [-0.1, -0.05) is 100 Å². The van der Waals surface area contributed by atoms with Crippen molar-refractivity contribution in [2.75, 3.05) is 0 Å². The molecule has 0 amide bonds. The van der Waals surface area contributed by atoms with Gasteiger partial charge in [0.1, 0.15) is 0 Å². The zero-order valence-electron chi connectivity index (χ0n) is 21.9. The molecule has 1 aliphatic heterocycles. The van der Waals surface area contributed by atoms with Crippen LogP contribution in [0.4, 0.5) is 13.2 Å². The normalized spacial score (nSPS) is 24.7. The Morgan fingerprint density at radius 3 is 2.08 bits per heavy atom. The Hall–Kier alpha value is -1.75. The topological polar surface area (TPSA) is 9.23 Å². The molecule has 2 aromatic carbocycles. The molecule has 2 aromatic rings. The van der Waals surface area contributed by atoms with Gasteiger partial charge in [0.2, 0.25) is 0 Å². The van der Waals surface area contributed by atoms with E-state index in [4.69, 9.17) is 0 Å². The maximum absolute atomic E-state index is 14.1. The maximum atomic E-state index is 14.1. The predicted molar refractivity (Wildman–Crippen MR) is 146 cm³/mol. The maximum Gasteiger partial charge on any atom is 0.387 e. The molecule has 198 valence electrons. The Kier molecular flexibility index (Phi) is 10.4. The Morgan fingerprint density at radius 1 is 0.833 bits per heavy atom. The molecule has 1 aliphatic carbocycles. The summed E-state index contributed by atoms with van der Waals surface area (Å²) in [5, 5.41) is 0. The molecule has 0 spiro atoms. The summed E-state index contributed by atoms with van der Waals surface area (Å²) in [6, 6.07) is 17.3. The van der Waals surface area contributed by atoms with Crippen LogP contribution in [0.25, 0.3) is 11.1 Å². The average Bonchev–Trinajstić information content (AvgIpc) is 2.90. The molecule has 36 heavy (non-hydrogen) atoms. The van der Waals surface area contributed by atoms with Gasteiger partial charge in [-0.2, -0.15) is 8.78 Å². The van der Waals surface area contributed by atoms with Crippen LogP contribution in [-0.4, -0.2) is 15.4 Å². The molecule has 5 heteroatoms. The molecular formula is C31H43F3OSi. The second-order valence-electron chi connectivity index (χ2n) is 11.3. The van der Waals surface area contributed by atoms with Crippen molar-refractivity contribution >= 4 is 8.80 Å². The van der Waals surface area contributed by atoms with Gasteiger partial charge in [-0.3, -0.25) is 0 Å². The molecular weight excluding hydrogens is 473 g/mol. The summed E-state index contributed by atoms with van der Waals surface area (Å²) in [5.41, 5.74) is 2.92. The summed E-state index contributed by atoms with van der Waals surface area (Å²) in [6.45, 7) is -0.715. The summed E-state index contributed by atoms with van der Waals surface area (Å²) in [4.78, 5) is 0. The molecule has 1 saturated heterocycles. The third kappa shape index (κ3) is 7.87. The third-order valence-corrected chi connectivity index (χ3v) is 12.4. The van der Waals surface area contributed by atoms with Crippen LogP contribution in [0.5, 0.6) is 5.75 Å². The Balaban J connectivity index is 1.19. The number of hydrogen-bond donors (Lipinski definition) is 0. The van der Waals surface area contributed by atoms with E-state index in [2.05, 4.69) is 23.8 Å². The molecule has 2 aliphatic rings. The smallest absolute Gasteiger partial charge is 0.387 e. The Bertz CT molecular complexity index is 916. The number of ether oxygens (including phenoxy) is 1. The van der Waals surface area contributed by atoms with Crippen LogP contribution in [-0.2, 0) is 0 Å². The second kappa shape index (κ2) is 13.7. The quantitative estimate of drug-likeness (QED) is 0.213. The monoisotopic (exact) mass is 516 g/mol. The molecule has 1 nitrogen and oxygen atoms in total. The van der Waals surface area contributed by atoms with E-state index in [-0.39, 0.29) is 8.80 Å². The van der Waals surface area contributed by atoms with Crippen LogP contribution in [0.2, 0.25) is 18.1 Å².